The topological polar surface area (TPSA) is 37.3 Å². The lowest BCUT2D eigenvalue weighted by atomic mass is 9.47. The largest absolute Gasteiger partial charge is 0.395 e. The summed E-state index contributed by atoms with van der Waals surface area (Å²) in [5, 5.41) is 10.2. The van der Waals surface area contributed by atoms with Gasteiger partial charge in [-0.2, -0.15) is 0 Å². The lowest BCUT2D eigenvalue weighted by Crippen LogP contribution is -2.52. The van der Waals surface area contributed by atoms with Crippen LogP contribution >= 0.6 is 0 Å². The van der Waals surface area contributed by atoms with Gasteiger partial charge in [0, 0.05) is 11.8 Å². The fourth-order valence-electron chi connectivity index (χ4n) is 6.14. The summed E-state index contributed by atoms with van der Waals surface area (Å²) in [5.41, 5.74) is 1.60. The maximum atomic E-state index is 11.8. The standard InChI is InChI=1S/C19H26O2/c1-18-8-2-3-16(18)15-5-4-13-11-14(21)6-10-19(13,12-20)17(15)7-9-18/h2,8,11,15-17,20H,3-7,9-10,12H2,1H3/t15-,16-,17-,18-,19+/m0/s1. The Balaban J connectivity index is 1.72. The van der Waals surface area contributed by atoms with Crippen molar-refractivity contribution in [1.29, 1.82) is 0 Å². The third-order valence-corrected chi connectivity index (χ3v) is 7.29. The molecule has 4 rings (SSSR count). The quantitative estimate of drug-likeness (QED) is 0.747. The average molecular weight is 286 g/mol. The minimum Gasteiger partial charge on any atom is -0.395 e. The first-order chi connectivity index (χ1) is 10.1. The number of fused-ring (bicyclic) bond motifs is 5. The number of aliphatic hydroxyl groups excluding tert-OH is 1. The van der Waals surface area contributed by atoms with Gasteiger partial charge < -0.3 is 5.11 Å². The SMILES string of the molecule is C[C@@]12C=CC[C@H]1[C@@H]1CCC3=CC(=O)CC[C@]3(CO)[C@H]1CC2. The number of hydrogen-bond acceptors (Lipinski definition) is 2. The van der Waals surface area contributed by atoms with Crippen molar-refractivity contribution in [3.63, 3.8) is 0 Å². The molecular formula is C19H26O2. The zero-order valence-electron chi connectivity index (χ0n) is 13.0. The summed E-state index contributed by atoms with van der Waals surface area (Å²) >= 11 is 0. The highest BCUT2D eigenvalue weighted by Crippen LogP contribution is 2.63. The van der Waals surface area contributed by atoms with Crippen LogP contribution in [0.4, 0.5) is 0 Å². The first kappa shape index (κ1) is 13.8. The zero-order valence-corrected chi connectivity index (χ0v) is 13.0. The number of ketones is 1. The molecule has 0 aromatic rings. The Morgan fingerprint density at radius 1 is 1.24 bits per heavy atom. The highest BCUT2D eigenvalue weighted by atomic mass is 16.3. The van der Waals surface area contributed by atoms with E-state index in [4.69, 9.17) is 0 Å². The molecule has 114 valence electrons. The summed E-state index contributed by atoms with van der Waals surface area (Å²) in [5.74, 6) is 2.36. The van der Waals surface area contributed by atoms with E-state index in [1.54, 1.807) is 0 Å². The predicted octanol–water partition coefficient (Wildman–Crippen LogP) is 3.66. The normalized spacial score (nSPS) is 48.4. The van der Waals surface area contributed by atoms with Crippen molar-refractivity contribution in [2.75, 3.05) is 6.61 Å². The van der Waals surface area contributed by atoms with Gasteiger partial charge in [0.1, 0.15) is 0 Å². The van der Waals surface area contributed by atoms with Crippen LogP contribution in [0, 0.1) is 28.6 Å². The number of hydrogen-bond donors (Lipinski definition) is 1. The fraction of sp³-hybridized carbons (Fsp3) is 0.737. The molecule has 0 spiro atoms. The van der Waals surface area contributed by atoms with Crippen LogP contribution in [0.25, 0.3) is 0 Å². The van der Waals surface area contributed by atoms with E-state index in [1.165, 1.54) is 31.3 Å². The average Bonchev–Trinajstić information content (AvgIpc) is 2.88. The van der Waals surface area contributed by atoms with E-state index >= 15 is 0 Å². The molecule has 0 amide bonds. The summed E-state index contributed by atoms with van der Waals surface area (Å²) < 4.78 is 0. The highest BCUT2D eigenvalue weighted by Gasteiger charge is 2.56. The number of aliphatic hydroxyl groups is 1. The minimum absolute atomic E-state index is 0.0687. The van der Waals surface area contributed by atoms with Gasteiger partial charge in [0.05, 0.1) is 6.61 Å². The molecule has 2 nitrogen and oxygen atoms in total. The van der Waals surface area contributed by atoms with Crippen LogP contribution in [-0.4, -0.2) is 17.5 Å². The van der Waals surface area contributed by atoms with Crippen molar-refractivity contribution in [3.05, 3.63) is 23.8 Å². The Bertz CT molecular complexity index is 532. The van der Waals surface area contributed by atoms with Crippen LogP contribution in [0.5, 0.6) is 0 Å². The summed E-state index contributed by atoms with van der Waals surface area (Å²) in [7, 11) is 0. The van der Waals surface area contributed by atoms with Crippen molar-refractivity contribution in [1.82, 2.24) is 0 Å². The Morgan fingerprint density at radius 2 is 2.10 bits per heavy atom. The van der Waals surface area contributed by atoms with Gasteiger partial charge in [0.2, 0.25) is 0 Å². The first-order valence-electron chi connectivity index (χ1n) is 8.61. The Morgan fingerprint density at radius 3 is 2.90 bits per heavy atom. The van der Waals surface area contributed by atoms with Gasteiger partial charge in [0.15, 0.2) is 5.78 Å². The molecule has 2 saturated carbocycles. The van der Waals surface area contributed by atoms with Crippen LogP contribution < -0.4 is 0 Å². The monoisotopic (exact) mass is 286 g/mol. The molecule has 1 N–H and O–H groups in total. The maximum absolute atomic E-state index is 11.8. The smallest absolute Gasteiger partial charge is 0.155 e. The molecule has 2 fully saturated rings. The van der Waals surface area contributed by atoms with Crippen LogP contribution in [0.2, 0.25) is 0 Å². The van der Waals surface area contributed by atoms with E-state index < -0.39 is 0 Å². The molecule has 0 aliphatic heterocycles. The van der Waals surface area contributed by atoms with Gasteiger partial charge in [-0.15, -0.1) is 0 Å². The van der Waals surface area contributed by atoms with Gasteiger partial charge in [-0.25, -0.2) is 0 Å². The summed E-state index contributed by atoms with van der Waals surface area (Å²) in [6.45, 7) is 2.67. The molecule has 0 bridgehead atoms. The van der Waals surface area contributed by atoms with Crippen LogP contribution in [0.15, 0.2) is 23.8 Å². The van der Waals surface area contributed by atoms with Gasteiger partial charge in [-0.1, -0.05) is 24.6 Å². The second-order valence-corrected chi connectivity index (χ2v) is 8.05. The van der Waals surface area contributed by atoms with Crippen molar-refractivity contribution >= 4 is 5.78 Å². The molecular weight excluding hydrogens is 260 g/mol. The molecule has 0 heterocycles. The summed E-state index contributed by atoms with van der Waals surface area (Å²) in [6, 6.07) is 0. The van der Waals surface area contributed by atoms with Gasteiger partial charge in [-0.05, 0) is 67.8 Å². The molecule has 2 heteroatoms. The zero-order chi connectivity index (χ0) is 14.7. The van der Waals surface area contributed by atoms with E-state index in [1.807, 2.05) is 6.08 Å². The van der Waals surface area contributed by atoms with E-state index in [2.05, 4.69) is 19.1 Å². The van der Waals surface area contributed by atoms with Crippen LogP contribution in [0.1, 0.15) is 51.9 Å². The van der Waals surface area contributed by atoms with Gasteiger partial charge in [0.25, 0.3) is 0 Å². The van der Waals surface area contributed by atoms with Crippen LogP contribution in [-0.2, 0) is 4.79 Å². The molecule has 5 atom stereocenters. The van der Waals surface area contributed by atoms with Crippen molar-refractivity contribution in [2.24, 2.45) is 28.6 Å². The number of rotatable bonds is 1. The van der Waals surface area contributed by atoms with E-state index in [-0.39, 0.29) is 17.8 Å². The number of allylic oxidation sites excluding steroid dienone is 3. The minimum atomic E-state index is -0.0687. The highest BCUT2D eigenvalue weighted by molar-refractivity contribution is 5.91. The van der Waals surface area contributed by atoms with E-state index in [0.717, 1.165) is 24.7 Å². The number of carbonyl (C=O) groups is 1. The summed E-state index contributed by atoms with van der Waals surface area (Å²) in [6.07, 6.45) is 14.2. The predicted molar refractivity (Wildman–Crippen MR) is 82.6 cm³/mol. The van der Waals surface area contributed by atoms with Crippen LogP contribution in [0.3, 0.4) is 0 Å². The Labute approximate surface area is 127 Å². The lowest BCUT2D eigenvalue weighted by Gasteiger charge is -2.57. The van der Waals surface area contributed by atoms with Crippen molar-refractivity contribution in [3.8, 4) is 0 Å². The molecule has 4 aliphatic rings. The molecule has 4 aliphatic carbocycles. The van der Waals surface area contributed by atoms with Crippen molar-refractivity contribution in [2.45, 2.75) is 51.9 Å². The van der Waals surface area contributed by atoms with Gasteiger partial charge >= 0.3 is 0 Å². The Kier molecular flexibility index (Phi) is 2.98. The Hall–Kier alpha value is -0.890. The fourth-order valence-corrected chi connectivity index (χ4v) is 6.14. The van der Waals surface area contributed by atoms with E-state index in [9.17, 15) is 9.90 Å². The molecule has 21 heavy (non-hydrogen) atoms. The third-order valence-electron chi connectivity index (χ3n) is 7.29. The first-order valence-corrected chi connectivity index (χ1v) is 8.61. The van der Waals surface area contributed by atoms with Gasteiger partial charge in [-0.3, -0.25) is 4.79 Å². The molecule has 0 aromatic heterocycles. The molecule has 0 aromatic carbocycles. The lowest BCUT2D eigenvalue weighted by molar-refractivity contribution is -0.118. The molecule has 0 unspecified atom stereocenters. The maximum Gasteiger partial charge on any atom is 0.155 e. The molecule has 0 radical (unpaired) electrons. The summed E-state index contributed by atoms with van der Waals surface area (Å²) in [4.78, 5) is 11.8. The third kappa shape index (κ3) is 1.78. The number of carbonyl (C=O) groups excluding carboxylic acids is 1. The van der Waals surface area contributed by atoms with E-state index in [0.29, 0.717) is 17.8 Å². The second kappa shape index (κ2) is 4.55. The van der Waals surface area contributed by atoms with Crippen molar-refractivity contribution < 1.29 is 9.90 Å². The molecule has 0 saturated heterocycles. The second-order valence-electron chi connectivity index (χ2n) is 8.05.